The number of halogens is 1. The lowest BCUT2D eigenvalue weighted by Crippen LogP contribution is -2.44. The van der Waals surface area contributed by atoms with Gasteiger partial charge in [0.1, 0.15) is 5.75 Å². The number of aryl methyl sites for hydroxylation is 1. The van der Waals surface area contributed by atoms with Crippen molar-refractivity contribution in [1.82, 2.24) is 9.88 Å². The zero-order valence-electron chi connectivity index (χ0n) is 19.5. The average Bonchev–Trinajstić information content (AvgIpc) is 2.84. The zero-order valence-corrected chi connectivity index (χ0v) is 21.0. The molecule has 0 bridgehead atoms. The molecular formula is C27H31ClN2O3S. The van der Waals surface area contributed by atoms with Crippen molar-refractivity contribution in [3.63, 3.8) is 0 Å². The summed E-state index contributed by atoms with van der Waals surface area (Å²) >= 11 is 7.83. The number of aromatic nitrogens is 1. The number of ether oxygens (including phenoxy) is 1. The van der Waals surface area contributed by atoms with E-state index in [9.17, 15) is 9.90 Å². The van der Waals surface area contributed by atoms with Crippen LogP contribution in [0.25, 0.3) is 10.9 Å². The lowest BCUT2D eigenvalue weighted by Gasteiger charge is -2.36. The van der Waals surface area contributed by atoms with Crippen LogP contribution in [0.5, 0.6) is 5.75 Å². The summed E-state index contributed by atoms with van der Waals surface area (Å²) in [6.07, 6.45) is 5.59. The van der Waals surface area contributed by atoms with Gasteiger partial charge in [0.2, 0.25) is 0 Å². The van der Waals surface area contributed by atoms with Crippen molar-refractivity contribution in [1.29, 1.82) is 0 Å². The maximum Gasteiger partial charge on any atom is 0.308 e. The van der Waals surface area contributed by atoms with Gasteiger partial charge in [0.05, 0.1) is 18.5 Å². The number of aliphatic carboxylic acids is 1. The van der Waals surface area contributed by atoms with Gasteiger partial charge in [-0.2, -0.15) is 0 Å². The van der Waals surface area contributed by atoms with E-state index in [1.807, 2.05) is 42.6 Å². The average molecular weight is 499 g/mol. The number of piperidine rings is 1. The van der Waals surface area contributed by atoms with E-state index >= 15 is 0 Å². The topological polar surface area (TPSA) is 62.7 Å². The van der Waals surface area contributed by atoms with Crippen LogP contribution in [0.3, 0.4) is 0 Å². The van der Waals surface area contributed by atoms with E-state index in [1.165, 1.54) is 5.56 Å². The largest absolute Gasteiger partial charge is 0.497 e. The minimum absolute atomic E-state index is 0.219. The fourth-order valence-electron chi connectivity index (χ4n) is 4.83. The predicted octanol–water partition coefficient (Wildman–Crippen LogP) is 6.03. The first-order valence-electron chi connectivity index (χ1n) is 11.8. The molecule has 0 aliphatic carbocycles. The molecule has 1 fully saturated rings. The van der Waals surface area contributed by atoms with E-state index in [0.717, 1.165) is 71.1 Å². The second-order valence-electron chi connectivity index (χ2n) is 8.85. The van der Waals surface area contributed by atoms with Gasteiger partial charge >= 0.3 is 5.97 Å². The van der Waals surface area contributed by atoms with Crippen LogP contribution in [-0.4, -0.2) is 53.5 Å². The summed E-state index contributed by atoms with van der Waals surface area (Å²) in [5, 5.41) is 11.8. The Bertz CT molecular complexity index is 1130. The maximum atomic E-state index is 12.1. The van der Waals surface area contributed by atoms with Gasteiger partial charge in [0, 0.05) is 40.3 Å². The van der Waals surface area contributed by atoms with Crippen molar-refractivity contribution in [2.75, 3.05) is 32.5 Å². The van der Waals surface area contributed by atoms with Crippen molar-refractivity contribution < 1.29 is 14.6 Å². The third-order valence-corrected chi connectivity index (χ3v) is 7.90. The fraction of sp³-hybridized carbons (Fsp3) is 0.407. The van der Waals surface area contributed by atoms with Crippen LogP contribution < -0.4 is 4.74 Å². The molecule has 1 aliphatic rings. The number of hydrogen-bond acceptors (Lipinski definition) is 5. The number of carboxylic acids is 1. The summed E-state index contributed by atoms with van der Waals surface area (Å²) < 4.78 is 5.38. The van der Waals surface area contributed by atoms with E-state index < -0.39 is 5.97 Å². The first-order valence-corrected chi connectivity index (χ1v) is 13.1. The molecule has 4 rings (SSSR count). The fourth-order valence-corrected chi connectivity index (χ4v) is 6.05. The van der Waals surface area contributed by atoms with Crippen molar-refractivity contribution in [3.05, 3.63) is 65.3 Å². The lowest BCUT2D eigenvalue weighted by atomic mass is 9.81. The number of thioether (sulfide) groups is 1. The Labute approximate surface area is 210 Å². The number of nitrogens with zero attached hydrogens (tertiary/aromatic N) is 2. The molecule has 1 saturated heterocycles. The van der Waals surface area contributed by atoms with Gasteiger partial charge in [-0.15, -0.1) is 11.8 Å². The highest BCUT2D eigenvalue weighted by Crippen LogP contribution is 2.30. The second kappa shape index (κ2) is 11.9. The lowest BCUT2D eigenvalue weighted by molar-refractivity contribution is -0.146. The molecule has 5 nitrogen and oxygen atoms in total. The molecule has 0 spiro atoms. The van der Waals surface area contributed by atoms with Crippen molar-refractivity contribution in [2.45, 2.75) is 30.6 Å². The Morgan fingerprint density at radius 2 is 2.15 bits per heavy atom. The molecule has 2 aromatic carbocycles. The summed E-state index contributed by atoms with van der Waals surface area (Å²) in [5.74, 6) is 0.997. The van der Waals surface area contributed by atoms with Gasteiger partial charge in [-0.25, -0.2) is 0 Å². The van der Waals surface area contributed by atoms with Crippen LogP contribution >= 0.6 is 23.4 Å². The standard InChI is InChI=1S/C27H31ClN2O3S/c1-33-22-8-9-26-24(17-22)19(10-12-29-26)4-2-5-20-11-13-30(18-25(20)27(31)32)14-15-34-23-7-3-6-21(28)16-23/h3,6-10,12,16-17,20,25H,2,4-5,11,13-15,18H2,1H3,(H,31,32)/t20-,25+/m1/s1. The van der Waals surface area contributed by atoms with Gasteiger partial charge in [-0.05, 0) is 86.2 Å². The van der Waals surface area contributed by atoms with Gasteiger partial charge in [-0.1, -0.05) is 17.7 Å². The Morgan fingerprint density at radius 1 is 1.26 bits per heavy atom. The van der Waals surface area contributed by atoms with Crippen LogP contribution in [0.2, 0.25) is 5.02 Å². The predicted molar refractivity (Wildman–Crippen MR) is 139 cm³/mol. The molecular weight excluding hydrogens is 468 g/mol. The van der Waals surface area contributed by atoms with Crippen LogP contribution in [0.1, 0.15) is 24.8 Å². The number of hydrogen-bond donors (Lipinski definition) is 1. The summed E-state index contributed by atoms with van der Waals surface area (Å²) in [5.41, 5.74) is 2.21. The molecule has 34 heavy (non-hydrogen) atoms. The smallest absolute Gasteiger partial charge is 0.308 e. The first-order chi connectivity index (χ1) is 16.5. The highest BCUT2D eigenvalue weighted by Gasteiger charge is 2.33. The number of benzene rings is 2. The summed E-state index contributed by atoms with van der Waals surface area (Å²) in [7, 11) is 1.67. The normalized spacial score (nSPS) is 18.8. The molecule has 0 saturated carbocycles. The van der Waals surface area contributed by atoms with E-state index in [2.05, 4.69) is 22.0 Å². The number of pyridine rings is 1. The quantitative estimate of drug-likeness (QED) is 0.344. The van der Waals surface area contributed by atoms with Gasteiger partial charge < -0.3 is 14.7 Å². The van der Waals surface area contributed by atoms with Crippen LogP contribution in [-0.2, 0) is 11.2 Å². The SMILES string of the molecule is COc1ccc2nccc(CCC[C@@H]3CCN(CCSc4cccc(Cl)c4)C[C@@H]3C(=O)O)c2c1. The maximum absolute atomic E-state index is 12.1. The van der Waals surface area contributed by atoms with Gasteiger partial charge in [0.25, 0.3) is 0 Å². The van der Waals surface area contributed by atoms with Crippen LogP contribution in [0, 0.1) is 11.8 Å². The molecule has 1 aromatic heterocycles. The van der Waals surface area contributed by atoms with Gasteiger partial charge in [-0.3, -0.25) is 9.78 Å². The molecule has 2 atom stereocenters. The molecule has 180 valence electrons. The van der Waals surface area contributed by atoms with Crippen molar-refractivity contribution in [2.24, 2.45) is 11.8 Å². The second-order valence-corrected chi connectivity index (χ2v) is 10.5. The Morgan fingerprint density at radius 3 is 2.94 bits per heavy atom. The minimum Gasteiger partial charge on any atom is -0.497 e. The van der Waals surface area contributed by atoms with Crippen molar-refractivity contribution in [3.8, 4) is 5.75 Å². The number of rotatable bonds is 10. The number of carboxylic acid groups (broad SMARTS) is 1. The molecule has 1 aliphatic heterocycles. The number of methoxy groups -OCH3 is 1. The van der Waals surface area contributed by atoms with Crippen LogP contribution in [0.4, 0.5) is 0 Å². The number of likely N-dealkylation sites (tertiary alicyclic amines) is 1. The molecule has 7 heteroatoms. The van der Waals surface area contributed by atoms with Crippen molar-refractivity contribution >= 4 is 40.2 Å². The summed E-state index contributed by atoms with van der Waals surface area (Å²) in [4.78, 5) is 20.0. The molecule has 0 amide bonds. The van der Waals surface area contributed by atoms with E-state index in [-0.39, 0.29) is 11.8 Å². The Hall–Kier alpha value is -2.28. The number of fused-ring (bicyclic) bond motifs is 1. The molecule has 3 aromatic rings. The summed E-state index contributed by atoms with van der Waals surface area (Å²) in [6, 6.07) is 15.9. The van der Waals surface area contributed by atoms with Gasteiger partial charge in [0.15, 0.2) is 0 Å². The Kier molecular flexibility index (Phi) is 8.70. The molecule has 0 radical (unpaired) electrons. The van der Waals surface area contributed by atoms with E-state index in [4.69, 9.17) is 16.3 Å². The first kappa shape index (κ1) is 24.8. The Balaban J connectivity index is 1.29. The summed E-state index contributed by atoms with van der Waals surface area (Å²) in [6.45, 7) is 2.48. The van der Waals surface area contributed by atoms with E-state index in [1.54, 1.807) is 18.9 Å². The van der Waals surface area contributed by atoms with E-state index in [0.29, 0.717) is 6.54 Å². The van der Waals surface area contributed by atoms with Crippen LogP contribution in [0.15, 0.2) is 59.6 Å². The zero-order chi connectivity index (χ0) is 23.9. The highest BCUT2D eigenvalue weighted by molar-refractivity contribution is 7.99. The number of carbonyl (C=O) groups is 1. The third kappa shape index (κ3) is 6.44. The minimum atomic E-state index is -0.670. The third-order valence-electron chi connectivity index (χ3n) is 6.69. The molecule has 0 unspecified atom stereocenters. The monoisotopic (exact) mass is 498 g/mol. The molecule has 1 N–H and O–H groups in total. The molecule has 2 heterocycles. The highest BCUT2D eigenvalue weighted by atomic mass is 35.5.